The Kier molecular flexibility index (Phi) is 4.08. The maximum atomic E-state index is 12.6. The van der Waals surface area contributed by atoms with Crippen molar-refractivity contribution in [3.05, 3.63) is 48.3 Å². The summed E-state index contributed by atoms with van der Waals surface area (Å²) in [7, 11) is 0. The van der Waals surface area contributed by atoms with E-state index in [0.29, 0.717) is 17.1 Å². The third-order valence-corrected chi connectivity index (χ3v) is 5.01. The topological polar surface area (TPSA) is 79.9 Å². The van der Waals surface area contributed by atoms with Crippen molar-refractivity contribution in [1.82, 2.24) is 15.2 Å². The molecule has 1 amide bonds. The number of ether oxygens (including phenoxy) is 1. The first-order valence-corrected chi connectivity index (χ1v) is 8.89. The minimum atomic E-state index is -0.234. The van der Waals surface area contributed by atoms with Crippen LogP contribution in [0.15, 0.2) is 42.7 Å². The van der Waals surface area contributed by atoms with Gasteiger partial charge in [-0.15, -0.1) is 0 Å². The molecule has 4 rings (SSSR count). The van der Waals surface area contributed by atoms with Gasteiger partial charge in [-0.2, -0.15) is 16.9 Å². The minimum absolute atomic E-state index is 0.123. The van der Waals surface area contributed by atoms with Crippen LogP contribution in [0, 0.1) is 0 Å². The van der Waals surface area contributed by atoms with Gasteiger partial charge in [-0.3, -0.25) is 9.89 Å². The zero-order valence-corrected chi connectivity index (χ0v) is 13.7. The lowest BCUT2D eigenvalue weighted by molar-refractivity contribution is 0.101. The third-order valence-electron chi connectivity index (χ3n) is 3.88. The summed E-state index contributed by atoms with van der Waals surface area (Å²) in [4.78, 5) is 16.9. The number of hydrogen-bond acceptors (Lipinski definition) is 5. The highest BCUT2D eigenvalue weighted by atomic mass is 32.2. The van der Waals surface area contributed by atoms with E-state index in [1.165, 1.54) is 0 Å². The van der Waals surface area contributed by atoms with Crippen molar-refractivity contribution >= 4 is 34.3 Å². The Balaban J connectivity index is 1.55. The zero-order chi connectivity index (χ0) is 16.4. The number of nitrogens with one attached hydrogen (secondary N) is 2. The molecule has 1 saturated heterocycles. The predicted octanol–water partition coefficient (Wildman–Crippen LogP) is 3.09. The largest absolute Gasteiger partial charge is 0.473 e. The van der Waals surface area contributed by atoms with Gasteiger partial charge in [0.1, 0.15) is 11.7 Å². The fraction of sp³-hybridized carbons (Fsp3) is 0.235. The van der Waals surface area contributed by atoms with Crippen LogP contribution in [-0.2, 0) is 0 Å². The molecule has 1 atom stereocenters. The van der Waals surface area contributed by atoms with Crippen molar-refractivity contribution in [2.75, 3.05) is 16.8 Å². The van der Waals surface area contributed by atoms with Crippen LogP contribution in [0.1, 0.15) is 16.8 Å². The number of benzene rings is 1. The molecule has 1 aliphatic rings. The number of thioether (sulfide) groups is 1. The Labute approximate surface area is 143 Å². The minimum Gasteiger partial charge on any atom is -0.473 e. The second kappa shape index (κ2) is 6.52. The average molecular weight is 340 g/mol. The highest BCUT2D eigenvalue weighted by Crippen LogP contribution is 2.25. The molecule has 1 aromatic carbocycles. The summed E-state index contributed by atoms with van der Waals surface area (Å²) >= 11 is 1.86. The third kappa shape index (κ3) is 3.07. The van der Waals surface area contributed by atoms with Crippen molar-refractivity contribution in [2.24, 2.45) is 0 Å². The van der Waals surface area contributed by atoms with Crippen molar-refractivity contribution in [1.29, 1.82) is 0 Å². The molecule has 6 nitrogen and oxygen atoms in total. The van der Waals surface area contributed by atoms with E-state index in [1.807, 2.05) is 30.0 Å². The monoisotopic (exact) mass is 340 g/mol. The van der Waals surface area contributed by atoms with E-state index in [2.05, 4.69) is 20.5 Å². The first-order valence-electron chi connectivity index (χ1n) is 7.73. The second-order valence-electron chi connectivity index (χ2n) is 5.59. The number of rotatable bonds is 4. The van der Waals surface area contributed by atoms with Crippen LogP contribution in [0.2, 0.25) is 0 Å². The summed E-state index contributed by atoms with van der Waals surface area (Å²) in [5.74, 6) is 2.19. The number of pyridine rings is 1. The lowest BCUT2D eigenvalue weighted by atomic mass is 10.2. The van der Waals surface area contributed by atoms with Crippen LogP contribution in [0.25, 0.3) is 10.9 Å². The Morgan fingerprint density at radius 1 is 1.38 bits per heavy atom. The van der Waals surface area contributed by atoms with Crippen LogP contribution < -0.4 is 10.1 Å². The van der Waals surface area contributed by atoms with Crippen LogP contribution in [0.5, 0.6) is 5.88 Å². The highest BCUT2D eigenvalue weighted by molar-refractivity contribution is 7.99. The molecule has 2 aromatic heterocycles. The average Bonchev–Trinajstić information content (AvgIpc) is 3.26. The van der Waals surface area contributed by atoms with Crippen molar-refractivity contribution in [2.45, 2.75) is 12.5 Å². The maximum absolute atomic E-state index is 12.6. The smallest absolute Gasteiger partial charge is 0.261 e. The number of fused-ring (bicyclic) bond motifs is 1. The number of H-pyrrole nitrogens is 1. The van der Waals surface area contributed by atoms with Gasteiger partial charge in [0.05, 0.1) is 11.7 Å². The normalized spacial score (nSPS) is 17.1. The van der Waals surface area contributed by atoms with E-state index in [1.54, 1.807) is 24.5 Å². The number of hydrogen-bond donors (Lipinski definition) is 2. The molecule has 7 heteroatoms. The van der Waals surface area contributed by atoms with E-state index < -0.39 is 0 Å². The molecule has 1 aliphatic heterocycles. The van der Waals surface area contributed by atoms with Gasteiger partial charge in [-0.05, 0) is 42.5 Å². The van der Waals surface area contributed by atoms with E-state index in [-0.39, 0.29) is 12.0 Å². The van der Waals surface area contributed by atoms with Crippen molar-refractivity contribution in [3.8, 4) is 5.88 Å². The fourth-order valence-electron chi connectivity index (χ4n) is 2.63. The lowest BCUT2D eigenvalue weighted by Gasteiger charge is -2.14. The number of nitrogens with zero attached hydrogens (tertiary/aromatic N) is 2. The van der Waals surface area contributed by atoms with E-state index >= 15 is 0 Å². The summed E-state index contributed by atoms with van der Waals surface area (Å²) in [6.07, 6.45) is 4.50. The molecule has 0 bridgehead atoms. The van der Waals surface area contributed by atoms with Gasteiger partial charge in [0.15, 0.2) is 0 Å². The Morgan fingerprint density at radius 2 is 2.33 bits per heavy atom. The number of amides is 1. The number of carbonyl (C=O) groups excluding carboxylic acids is 1. The quantitative estimate of drug-likeness (QED) is 0.763. The van der Waals surface area contributed by atoms with Gasteiger partial charge in [-0.25, -0.2) is 4.98 Å². The van der Waals surface area contributed by atoms with Gasteiger partial charge in [0, 0.05) is 23.0 Å². The van der Waals surface area contributed by atoms with Crippen LogP contribution in [-0.4, -0.2) is 38.7 Å². The first-order chi connectivity index (χ1) is 11.8. The molecular weight excluding hydrogens is 324 g/mol. The molecule has 1 fully saturated rings. The molecule has 0 saturated carbocycles. The summed E-state index contributed by atoms with van der Waals surface area (Å²) in [6, 6.07) is 9.08. The summed E-state index contributed by atoms with van der Waals surface area (Å²) in [6.45, 7) is 0. The number of aromatic nitrogens is 3. The Bertz CT molecular complexity index is 874. The first kappa shape index (κ1) is 15.0. The molecule has 3 aromatic rings. The Hall–Kier alpha value is -2.54. The van der Waals surface area contributed by atoms with Crippen molar-refractivity contribution < 1.29 is 9.53 Å². The van der Waals surface area contributed by atoms with Gasteiger partial charge in [0.25, 0.3) is 5.91 Å². The molecule has 0 radical (unpaired) electrons. The van der Waals surface area contributed by atoms with Crippen LogP contribution in [0.4, 0.5) is 5.69 Å². The van der Waals surface area contributed by atoms with Crippen LogP contribution in [0.3, 0.4) is 0 Å². The summed E-state index contributed by atoms with van der Waals surface area (Å²) < 4.78 is 5.91. The Morgan fingerprint density at radius 3 is 3.21 bits per heavy atom. The van der Waals surface area contributed by atoms with E-state index in [9.17, 15) is 4.79 Å². The van der Waals surface area contributed by atoms with E-state index in [0.717, 1.165) is 28.8 Å². The van der Waals surface area contributed by atoms with Crippen molar-refractivity contribution in [3.63, 3.8) is 0 Å². The van der Waals surface area contributed by atoms with E-state index in [4.69, 9.17) is 4.74 Å². The molecule has 0 aliphatic carbocycles. The molecule has 122 valence electrons. The molecule has 2 N–H and O–H groups in total. The lowest BCUT2D eigenvalue weighted by Crippen LogP contribution is -2.20. The van der Waals surface area contributed by atoms with Gasteiger partial charge in [0.2, 0.25) is 5.88 Å². The highest BCUT2D eigenvalue weighted by Gasteiger charge is 2.21. The number of anilines is 1. The standard InChI is InChI=1S/C17H16N4O2S/c22-16(20-12-4-3-11-9-19-21-15(11)8-12)14-2-1-6-18-17(14)23-13-5-7-24-10-13/h1-4,6,8-9,13H,5,7,10H2,(H,19,21)(H,20,22). The van der Waals surface area contributed by atoms with Gasteiger partial charge >= 0.3 is 0 Å². The number of aromatic amines is 1. The second-order valence-corrected chi connectivity index (χ2v) is 6.74. The maximum Gasteiger partial charge on any atom is 0.261 e. The number of carbonyl (C=O) groups is 1. The molecule has 24 heavy (non-hydrogen) atoms. The van der Waals surface area contributed by atoms with Gasteiger partial charge < -0.3 is 10.1 Å². The summed E-state index contributed by atoms with van der Waals surface area (Å²) in [5, 5.41) is 10.8. The SMILES string of the molecule is O=C(Nc1ccc2cn[nH]c2c1)c1cccnc1OC1CCSC1. The molecule has 3 heterocycles. The summed E-state index contributed by atoms with van der Waals surface area (Å²) in [5.41, 5.74) is 2.01. The fourth-order valence-corrected chi connectivity index (χ4v) is 3.73. The van der Waals surface area contributed by atoms with Gasteiger partial charge in [-0.1, -0.05) is 0 Å². The zero-order valence-electron chi connectivity index (χ0n) is 12.9. The molecule has 0 spiro atoms. The molecule has 1 unspecified atom stereocenters. The van der Waals surface area contributed by atoms with Crippen LogP contribution >= 0.6 is 11.8 Å². The molecular formula is C17H16N4O2S. The predicted molar refractivity (Wildman–Crippen MR) is 94.6 cm³/mol.